The Balaban J connectivity index is 1.83. The highest BCUT2D eigenvalue weighted by Crippen LogP contribution is 2.34. The van der Waals surface area contributed by atoms with Crippen molar-refractivity contribution in [3.63, 3.8) is 0 Å². The quantitative estimate of drug-likeness (QED) is 0.852. The number of methoxy groups -OCH3 is 2. The Morgan fingerprint density at radius 1 is 1.32 bits per heavy atom. The minimum atomic E-state index is -0.600. The van der Waals surface area contributed by atoms with Crippen molar-refractivity contribution < 1.29 is 19.1 Å². The molecule has 2 unspecified atom stereocenters. The third-order valence-electron chi connectivity index (χ3n) is 4.80. The number of ether oxygens (including phenoxy) is 2. The van der Waals surface area contributed by atoms with Crippen LogP contribution in [0.4, 0.5) is 0 Å². The van der Waals surface area contributed by atoms with Gasteiger partial charge in [0, 0.05) is 24.6 Å². The summed E-state index contributed by atoms with van der Waals surface area (Å²) in [6, 6.07) is 5.26. The summed E-state index contributed by atoms with van der Waals surface area (Å²) in [5.74, 6) is 0.227. The average Bonchev–Trinajstić information content (AvgIpc) is 2.95. The first kappa shape index (κ1) is 17.1. The molecular weight excluding hydrogens is 320 g/mol. The van der Waals surface area contributed by atoms with Crippen LogP contribution in [0.5, 0.6) is 11.5 Å². The highest BCUT2D eigenvalue weighted by molar-refractivity contribution is 5.97. The van der Waals surface area contributed by atoms with Gasteiger partial charge in [-0.2, -0.15) is 0 Å². The Labute approximate surface area is 146 Å². The van der Waals surface area contributed by atoms with Gasteiger partial charge in [-0.3, -0.25) is 9.59 Å². The van der Waals surface area contributed by atoms with Gasteiger partial charge in [-0.15, -0.1) is 0 Å². The van der Waals surface area contributed by atoms with E-state index in [-0.39, 0.29) is 18.4 Å². The normalized spacial score (nSPS) is 20.1. The molecule has 0 saturated carbocycles. The van der Waals surface area contributed by atoms with E-state index >= 15 is 0 Å². The molecule has 2 atom stereocenters. The molecule has 1 aromatic rings. The van der Waals surface area contributed by atoms with Crippen LogP contribution in [-0.4, -0.2) is 44.0 Å². The van der Waals surface area contributed by atoms with E-state index in [1.54, 1.807) is 30.2 Å². The molecule has 25 heavy (non-hydrogen) atoms. The Morgan fingerprint density at radius 2 is 2.08 bits per heavy atom. The van der Waals surface area contributed by atoms with Crippen molar-refractivity contribution >= 4 is 11.8 Å². The predicted octanol–water partition coefficient (Wildman–Crippen LogP) is 1.62. The number of nitrogens with two attached hydrogens (primary N) is 1. The van der Waals surface area contributed by atoms with Crippen molar-refractivity contribution in [2.24, 2.45) is 11.7 Å². The molecule has 2 amide bonds. The maximum absolute atomic E-state index is 12.6. The first-order valence-corrected chi connectivity index (χ1v) is 8.22. The van der Waals surface area contributed by atoms with Crippen LogP contribution in [0.25, 0.3) is 0 Å². The molecule has 0 spiro atoms. The van der Waals surface area contributed by atoms with Gasteiger partial charge in [0.15, 0.2) is 11.5 Å². The fraction of sp³-hybridized carbons (Fsp3) is 0.368. The molecule has 2 aliphatic rings. The van der Waals surface area contributed by atoms with Crippen LogP contribution in [0.1, 0.15) is 17.9 Å². The first-order chi connectivity index (χ1) is 12.0. The van der Waals surface area contributed by atoms with Crippen LogP contribution in [0.15, 0.2) is 42.0 Å². The van der Waals surface area contributed by atoms with Gasteiger partial charge < -0.3 is 20.1 Å². The van der Waals surface area contributed by atoms with Gasteiger partial charge in [0.25, 0.3) is 0 Å². The molecule has 0 aromatic heterocycles. The zero-order valence-electron chi connectivity index (χ0n) is 14.4. The van der Waals surface area contributed by atoms with Gasteiger partial charge in [-0.1, -0.05) is 24.3 Å². The van der Waals surface area contributed by atoms with E-state index in [1.807, 2.05) is 12.2 Å². The number of carbonyl (C=O) groups excluding carboxylic acids is 2. The van der Waals surface area contributed by atoms with Gasteiger partial charge in [0.1, 0.15) is 0 Å². The molecule has 0 bridgehead atoms. The number of carbonyl (C=O) groups is 2. The SMILES string of the molecule is COc1ccc(C(CN2CC3CC=CC=C3C2=O)C(N)=O)cc1OC. The number of benzene rings is 1. The summed E-state index contributed by atoms with van der Waals surface area (Å²) < 4.78 is 10.5. The van der Waals surface area contributed by atoms with Crippen molar-refractivity contribution in [2.45, 2.75) is 12.3 Å². The predicted molar refractivity (Wildman–Crippen MR) is 93.4 cm³/mol. The summed E-state index contributed by atoms with van der Waals surface area (Å²) in [6.45, 7) is 0.879. The number of allylic oxidation sites excluding steroid dienone is 3. The molecule has 6 nitrogen and oxygen atoms in total. The van der Waals surface area contributed by atoms with Crippen molar-refractivity contribution in [1.82, 2.24) is 4.90 Å². The van der Waals surface area contributed by atoms with Gasteiger partial charge in [0.05, 0.1) is 20.1 Å². The molecule has 3 rings (SSSR count). The maximum Gasteiger partial charge on any atom is 0.250 e. The summed E-state index contributed by atoms with van der Waals surface area (Å²) in [7, 11) is 3.09. The molecule has 1 fully saturated rings. The van der Waals surface area contributed by atoms with Crippen LogP contribution in [-0.2, 0) is 9.59 Å². The zero-order chi connectivity index (χ0) is 18.0. The van der Waals surface area contributed by atoms with E-state index < -0.39 is 11.8 Å². The average molecular weight is 342 g/mol. The molecule has 1 saturated heterocycles. The third-order valence-corrected chi connectivity index (χ3v) is 4.80. The summed E-state index contributed by atoms with van der Waals surface area (Å²) in [6.07, 6.45) is 6.69. The smallest absolute Gasteiger partial charge is 0.250 e. The molecule has 1 heterocycles. The lowest BCUT2D eigenvalue weighted by molar-refractivity contribution is -0.126. The van der Waals surface area contributed by atoms with Crippen LogP contribution in [0, 0.1) is 5.92 Å². The summed E-state index contributed by atoms with van der Waals surface area (Å²) in [5, 5.41) is 0. The Bertz CT molecular complexity index is 754. The number of amides is 2. The first-order valence-electron chi connectivity index (χ1n) is 8.22. The Kier molecular flexibility index (Phi) is 4.79. The lowest BCUT2D eigenvalue weighted by Gasteiger charge is -2.22. The number of hydrogen-bond donors (Lipinski definition) is 1. The van der Waals surface area contributed by atoms with Crippen LogP contribution in [0.2, 0.25) is 0 Å². The second kappa shape index (κ2) is 7.01. The lowest BCUT2D eigenvalue weighted by atomic mass is 9.95. The standard InChI is InChI=1S/C19H22N2O4/c1-24-16-8-7-12(9-17(16)25-2)15(18(20)22)11-21-10-13-5-3-4-6-14(13)19(21)23/h3-4,6-9,13,15H,5,10-11H2,1-2H3,(H2,20,22). The summed E-state index contributed by atoms with van der Waals surface area (Å²) >= 11 is 0. The Morgan fingerprint density at radius 3 is 2.72 bits per heavy atom. The molecule has 1 aromatic carbocycles. The minimum Gasteiger partial charge on any atom is -0.493 e. The lowest BCUT2D eigenvalue weighted by Crippen LogP contribution is -2.36. The third kappa shape index (κ3) is 3.24. The van der Waals surface area contributed by atoms with Crippen LogP contribution in [0.3, 0.4) is 0 Å². The van der Waals surface area contributed by atoms with Crippen molar-refractivity contribution in [3.8, 4) is 11.5 Å². The molecule has 132 valence electrons. The topological polar surface area (TPSA) is 81.9 Å². The van der Waals surface area contributed by atoms with Gasteiger partial charge in [0.2, 0.25) is 11.8 Å². The molecule has 0 radical (unpaired) electrons. The van der Waals surface area contributed by atoms with E-state index in [4.69, 9.17) is 15.2 Å². The van der Waals surface area contributed by atoms with Crippen LogP contribution < -0.4 is 15.2 Å². The van der Waals surface area contributed by atoms with E-state index in [0.717, 1.165) is 12.0 Å². The monoisotopic (exact) mass is 342 g/mol. The molecule has 1 aliphatic carbocycles. The van der Waals surface area contributed by atoms with E-state index in [1.165, 1.54) is 7.11 Å². The van der Waals surface area contributed by atoms with E-state index in [2.05, 4.69) is 6.08 Å². The number of likely N-dealkylation sites (tertiary alicyclic amines) is 1. The van der Waals surface area contributed by atoms with E-state index in [0.29, 0.717) is 23.6 Å². The fourth-order valence-electron chi connectivity index (χ4n) is 3.43. The van der Waals surface area contributed by atoms with Crippen molar-refractivity contribution in [1.29, 1.82) is 0 Å². The van der Waals surface area contributed by atoms with Crippen molar-refractivity contribution in [2.75, 3.05) is 27.3 Å². The zero-order valence-corrected chi connectivity index (χ0v) is 14.4. The van der Waals surface area contributed by atoms with Gasteiger partial charge in [-0.25, -0.2) is 0 Å². The van der Waals surface area contributed by atoms with Gasteiger partial charge >= 0.3 is 0 Å². The molecular formula is C19H22N2O4. The number of hydrogen-bond acceptors (Lipinski definition) is 4. The van der Waals surface area contributed by atoms with Crippen LogP contribution >= 0.6 is 0 Å². The fourth-order valence-corrected chi connectivity index (χ4v) is 3.43. The van der Waals surface area contributed by atoms with Gasteiger partial charge in [-0.05, 0) is 24.1 Å². The van der Waals surface area contributed by atoms with Crippen molar-refractivity contribution in [3.05, 3.63) is 47.6 Å². The highest BCUT2D eigenvalue weighted by Gasteiger charge is 2.37. The summed E-state index contributed by atoms with van der Waals surface area (Å²) in [4.78, 5) is 26.3. The second-order valence-corrected chi connectivity index (χ2v) is 6.26. The number of fused-ring (bicyclic) bond motifs is 1. The molecule has 6 heteroatoms. The largest absolute Gasteiger partial charge is 0.493 e. The molecule has 1 aliphatic heterocycles. The number of rotatable bonds is 6. The summed E-state index contributed by atoms with van der Waals surface area (Å²) in [5.41, 5.74) is 7.15. The molecule has 2 N–H and O–H groups in total. The maximum atomic E-state index is 12.6. The minimum absolute atomic E-state index is 0.0129. The van der Waals surface area contributed by atoms with E-state index in [9.17, 15) is 9.59 Å². The highest BCUT2D eigenvalue weighted by atomic mass is 16.5. The second-order valence-electron chi connectivity index (χ2n) is 6.26. The Hall–Kier alpha value is -2.76. The number of primary amides is 1. The number of nitrogens with zero attached hydrogens (tertiary/aromatic N) is 1.